The van der Waals surface area contributed by atoms with Gasteiger partial charge in [-0.25, -0.2) is 0 Å². The second-order valence-corrected chi connectivity index (χ2v) is 7.85. The number of aryl methyl sites for hydroxylation is 2. The van der Waals surface area contributed by atoms with Crippen molar-refractivity contribution in [1.82, 2.24) is 24.5 Å². The van der Waals surface area contributed by atoms with Crippen LogP contribution in [-0.4, -0.2) is 32.2 Å². The van der Waals surface area contributed by atoms with Gasteiger partial charge in [0.05, 0.1) is 12.6 Å². The van der Waals surface area contributed by atoms with E-state index >= 15 is 0 Å². The number of thiophene rings is 1. The van der Waals surface area contributed by atoms with E-state index in [4.69, 9.17) is 4.74 Å². The Balaban J connectivity index is 1.53. The van der Waals surface area contributed by atoms with Gasteiger partial charge in [0.15, 0.2) is 0 Å². The Bertz CT molecular complexity index is 1260. The molecule has 0 spiro atoms. The van der Waals surface area contributed by atoms with Crippen molar-refractivity contribution in [2.24, 2.45) is 0 Å². The molecule has 0 aliphatic rings. The normalized spacial score (nSPS) is 11.3. The smallest absolute Gasteiger partial charge is 0.272 e. The summed E-state index contributed by atoms with van der Waals surface area (Å²) < 4.78 is 9.56. The number of carbonyl (C=O) groups excluding carboxylic acids is 1. The van der Waals surface area contributed by atoms with Crippen molar-refractivity contribution in [1.29, 1.82) is 0 Å². The third-order valence-corrected chi connectivity index (χ3v) is 5.86. The summed E-state index contributed by atoms with van der Waals surface area (Å²) in [7, 11) is 1.61. The van der Waals surface area contributed by atoms with Gasteiger partial charge in [-0.3, -0.25) is 18.6 Å². The zero-order valence-electron chi connectivity index (χ0n) is 16.9. The number of amides is 1. The molecule has 30 heavy (non-hydrogen) atoms. The minimum atomic E-state index is -0.0823. The highest BCUT2D eigenvalue weighted by molar-refractivity contribution is 7.17. The van der Waals surface area contributed by atoms with E-state index in [1.54, 1.807) is 11.7 Å². The summed E-state index contributed by atoms with van der Waals surface area (Å²) in [6.07, 6.45) is 1.52. The lowest BCUT2D eigenvalue weighted by molar-refractivity contribution is -0.121. The van der Waals surface area contributed by atoms with Crippen molar-refractivity contribution >= 4 is 33.2 Å². The number of nitrogens with one attached hydrogen (secondary N) is 1. The van der Waals surface area contributed by atoms with Crippen LogP contribution in [0.5, 0.6) is 5.75 Å². The largest absolute Gasteiger partial charge is 0.496 e. The lowest BCUT2D eigenvalue weighted by atomic mass is 10.2. The summed E-state index contributed by atoms with van der Waals surface area (Å²) in [4.78, 5) is 25.2. The third-order valence-electron chi connectivity index (χ3n) is 4.97. The molecule has 0 saturated heterocycles. The predicted molar refractivity (Wildman–Crippen MR) is 116 cm³/mol. The summed E-state index contributed by atoms with van der Waals surface area (Å²) in [6.45, 7) is 2.99. The summed E-state index contributed by atoms with van der Waals surface area (Å²) in [5.74, 6) is 1.86. The van der Waals surface area contributed by atoms with Gasteiger partial charge in [-0.15, -0.1) is 21.5 Å². The van der Waals surface area contributed by atoms with E-state index in [2.05, 4.69) is 15.5 Å². The SMILES string of the molecule is CCCn1c(=O)c2sccc2n2c(CCC(=O)NCc3ccccc3OC)nnc12. The number of aromatic nitrogens is 4. The highest BCUT2D eigenvalue weighted by Gasteiger charge is 2.17. The molecule has 1 amide bonds. The van der Waals surface area contributed by atoms with Crippen LogP contribution in [0, 0.1) is 0 Å². The first-order valence-electron chi connectivity index (χ1n) is 9.86. The first-order valence-corrected chi connectivity index (χ1v) is 10.7. The van der Waals surface area contributed by atoms with Crippen LogP contribution in [-0.2, 0) is 24.3 Å². The Morgan fingerprint density at radius 1 is 1.23 bits per heavy atom. The van der Waals surface area contributed by atoms with Gasteiger partial charge in [-0.2, -0.15) is 0 Å². The fraction of sp³-hybridized carbons (Fsp3) is 0.333. The number of methoxy groups -OCH3 is 1. The van der Waals surface area contributed by atoms with E-state index < -0.39 is 0 Å². The molecular weight excluding hydrogens is 402 g/mol. The standard InChI is InChI=1S/C21H23N5O3S/c1-3-11-25-20(28)19-15(10-12-30-19)26-17(23-24-21(25)26)8-9-18(27)22-13-14-6-4-5-7-16(14)29-2/h4-7,10,12H,3,8-9,11,13H2,1-2H3,(H,22,27). The van der Waals surface area contributed by atoms with Gasteiger partial charge in [0, 0.05) is 31.5 Å². The summed E-state index contributed by atoms with van der Waals surface area (Å²) >= 11 is 1.41. The highest BCUT2D eigenvalue weighted by Crippen LogP contribution is 2.20. The molecular formula is C21H23N5O3S. The molecule has 0 atom stereocenters. The molecule has 0 fully saturated rings. The van der Waals surface area contributed by atoms with Crippen LogP contribution < -0.4 is 15.6 Å². The summed E-state index contributed by atoms with van der Waals surface area (Å²) in [5, 5.41) is 13.4. The number of fused-ring (bicyclic) bond motifs is 3. The maximum absolute atomic E-state index is 12.8. The van der Waals surface area contributed by atoms with Crippen LogP contribution in [0.4, 0.5) is 0 Å². The van der Waals surface area contributed by atoms with Crippen molar-refractivity contribution < 1.29 is 9.53 Å². The number of carbonyl (C=O) groups is 1. The van der Waals surface area contributed by atoms with E-state index in [0.717, 1.165) is 23.3 Å². The van der Waals surface area contributed by atoms with Gasteiger partial charge >= 0.3 is 0 Å². The lowest BCUT2D eigenvalue weighted by Gasteiger charge is -2.10. The zero-order valence-corrected chi connectivity index (χ0v) is 17.7. The molecule has 0 radical (unpaired) electrons. The maximum Gasteiger partial charge on any atom is 0.272 e. The van der Waals surface area contributed by atoms with Gasteiger partial charge in [-0.05, 0) is 23.9 Å². The number of hydrogen-bond donors (Lipinski definition) is 1. The second-order valence-electron chi connectivity index (χ2n) is 6.93. The Labute approximate surface area is 177 Å². The molecule has 0 unspecified atom stereocenters. The molecule has 4 aromatic rings. The fourth-order valence-corrected chi connectivity index (χ4v) is 4.35. The van der Waals surface area contributed by atoms with E-state index in [1.165, 1.54) is 11.3 Å². The number of ether oxygens (including phenoxy) is 1. The monoisotopic (exact) mass is 425 g/mol. The van der Waals surface area contributed by atoms with Crippen LogP contribution in [0.3, 0.4) is 0 Å². The Morgan fingerprint density at radius 3 is 2.87 bits per heavy atom. The minimum absolute atomic E-state index is 0.0390. The quantitative estimate of drug-likeness (QED) is 0.469. The Hall–Kier alpha value is -3.20. The lowest BCUT2D eigenvalue weighted by Crippen LogP contribution is -2.24. The summed E-state index contributed by atoms with van der Waals surface area (Å²) in [5.41, 5.74) is 1.68. The minimum Gasteiger partial charge on any atom is -0.496 e. The number of rotatable bonds is 8. The van der Waals surface area contributed by atoms with Gasteiger partial charge in [0.1, 0.15) is 16.3 Å². The molecule has 1 N–H and O–H groups in total. The molecule has 4 rings (SSSR count). The van der Waals surface area contributed by atoms with E-state index in [0.29, 0.717) is 35.8 Å². The molecule has 8 nitrogen and oxygen atoms in total. The average Bonchev–Trinajstić information content (AvgIpc) is 3.41. The van der Waals surface area contributed by atoms with Crippen LogP contribution in [0.25, 0.3) is 16.0 Å². The number of hydrogen-bond acceptors (Lipinski definition) is 6. The number of benzene rings is 1. The molecule has 9 heteroatoms. The van der Waals surface area contributed by atoms with Crippen LogP contribution in [0.15, 0.2) is 40.5 Å². The molecule has 3 heterocycles. The molecule has 0 saturated carbocycles. The first-order chi connectivity index (χ1) is 14.6. The topological polar surface area (TPSA) is 90.5 Å². The van der Waals surface area contributed by atoms with Crippen LogP contribution in [0.2, 0.25) is 0 Å². The molecule has 0 aliphatic heterocycles. The Kier molecular flexibility index (Phi) is 5.80. The van der Waals surface area contributed by atoms with Gasteiger partial charge in [-0.1, -0.05) is 25.1 Å². The van der Waals surface area contributed by atoms with E-state index in [1.807, 2.05) is 47.0 Å². The van der Waals surface area contributed by atoms with E-state index in [-0.39, 0.29) is 17.9 Å². The van der Waals surface area contributed by atoms with Crippen molar-refractivity contribution in [2.45, 2.75) is 39.3 Å². The molecule has 156 valence electrons. The Morgan fingerprint density at radius 2 is 2.07 bits per heavy atom. The predicted octanol–water partition coefficient (Wildman–Crippen LogP) is 2.77. The molecule has 1 aromatic carbocycles. The molecule has 0 aliphatic carbocycles. The van der Waals surface area contributed by atoms with Crippen molar-refractivity contribution in [2.75, 3.05) is 7.11 Å². The average molecular weight is 426 g/mol. The van der Waals surface area contributed by atoms with Gasteiger partial charge < -0.3 is 10.1 Å². The maximum atomic E-state index is 12.8. The number of para-hydroxylation sites is 1. The summed E-state index contributed by atoms with van der Waals surface area (Å²) in [6, 6.07) is 9.49. The number of nitrogens with zero attached hydrogens (tertiary/aromatic N) is 4. The van der Waals surface area contributed by atoms with Crippen molar-refractivity contribution in [3.63, 3.8) is 0 Å². The van der Waals surface area contributed by atoms with Gasteiger partial charge in [0.2, 0.25) is 11.7 Å². The van der Waals surface area contributed by atoms with E-state index in [9.17, 15) is 9.59 Å². The fourth-order valence-electron chi connectivity index (χ4n) is 3.52. The van der Waals surface area contributed by atoms with Crippen molar-refractivity contribution in [3.8, 4) is 5.75 Å². The highest BCUT2D eigenvalue weighted by atomic mass is 32.1. The zero-order chi connectivity index (χ0) is 21.1. The second kappa shape index (κ2) is 8.66. The van der Waals surface area contributed by atoms with Crippen LogP contribution >= 0.6 is 11.3 Å². The van der Waals surface area contributed by atoms with Gasteiger partial charge in [0.25, 0.3) is 5.56 Å². The molecule has 0 bridgehead atoms. The first kappa shape index (κ1) is 20.1. The third kappa shape index (κ3) is 3.68. The van der Waals surface area contributed by atoms with Crippen molar-refractivity contribution in [3.05, 3.63) is 57.5 Å². The molecule has 3 aromatic heterocycles. The van der Waals surface area contributed by atoms with Crippen LogP contribution in [0.1, 0.15) is 31.2 Å².